The van der Waals surface area contributed by atoms with Crippen molar-refractivity contribution in [2.24, 2.45) is 0 Å². The van der Waals surface area contributed by atoms with E-state index in [2.05, 4.69) is 5.32 Å². The highest BCUT2D eigenvalue weighted by Crippen LogP contribution is 2.28. The standard InChI is InChI=1S/C24H20F2N2O3S/c1-16-6-2-3-7-17(16)15-32(30,31)23-13-28(22-9-5-4-8-19(22)23)14-24(29)27-18-10-11-20(25)21(26)12-18/h2-13H,14-15H2,1H3,(H,27,29). The second-order valence-electron chi connectivity index (χ2n) is 7.50. The summed E-state index contributed by atoms with van der Waals surface area (Å²) in [5, 5.41) is 3.02. The largest absolute Gasteiger partial charge is 0.337 e. The van der Waals surface area contributed by atoms with E-state index in [1.807, 2.05) is 19.1 Å². The molecule has 1 heterocycles. The second-order valence-corrected chi connectivity index (χ2v) is 9.46. The average Bonchev–Trinajstić information content (AvgIpc) is 3.12. The Kier molecular flexibility index (Phi) is 5.80. The van der Waals surface area contributed by atoms with Crippen molar-refractivity contribution in [2.45, 2.75) is 24.1 Å². The van der Waals surface area contributed by atoms with Crippen LogP contribution in [-0.2, 0) is 26.9 Å². The SMILES string of the molecule is Cc1ccccc1CS(=O)(=O)c1cn(CC(=O)Nc2ccc(F)c(F)c2)c2ccccc12. The van der Waals surface area contributed by atoms with Crippen molar-refractivity contribution >= 4 is 32.3 Å². The number of fused-ring (bicyclic) bond motifs is 1. The van der Waals surface area contributed by atoms with Gasteiger partial charge < -0.3 is 9.88 Å². The molecule has 0 unspecified atom stereocenters. The predicted molar refractivity (Wildman–Crippen MR) is 119 cm³/mol. The minimum atomic E-state index is -3.69. The molecule has 1 aromatic heterocycles. The summed E-state index contributed by atoms with van der Waals surface area (Å²) in [5.74, 6) is -2.74. The first-order chi connectivity index (χ1) is 15.2. The first kappa shape index (κ1) is 21.7. The molecule has 1 N–H and O–H groups in total. The molecule has 0 saturated carbocycles. The number of hydrogen-bond donors (Lipinski definition) is 1. The number of halogens is 2. The summed E-state index contributed by atoms with van der Waals surface area (Å²) in [6, 6.07) is 17.3. The van der Waals surface area contributed by atoms with Crippen LogP contribution in [0.5, 0.6) is 0 Å². The first-order valence-corrected chi connectivity index (χ1v) is 11.5. The molecule has 32 heavy (non-hydrogen) atoms. The summed E-state index contributed by atoms with van der Waals surface area (Å²) < 4.78 is 54.5. The number of nitrogens with one attached hydrogen (secondary N) is 1. The molecule has 0 aliphatic rings. The molecule has 164 valence electrons. The van der Waals surface area contributed by atoms with Crippen LogP contribution >= 0.6 is 0 Å². The minimum absolute atomic E-state index is 0.109. The van der Waals surface area contributed by atoms with Gasteiger partial charge in [-0.1, -0.05) is 42.5 Å². The summed E-state index contributed by atoms with van der Waals surface area (Å²) in [5.41, 5.74) is 2.28. The fraction of sp³-hybridized carbons (Fsp3) is 0.125. The van der Waals surface area contributed by atoms with Gasteiger partial charge in [-0.05, 0) is 36.2 Å². The molecule has 8 heteroatoms. The Labute approximate surface area is 184 Å². The van der Waals surface area contributed by atoms with E-state index in [1.165, 1.54) is 16.8 Å². The molecule has 4 rings (SSSR count). The number of nitrogens with zero attached hydrogens (tertiary/aromatic N) is 1. The third-order valence-corrected chi connectivity index (χ3v) is 6.90. The van der Waals surface area contributed by atoms with Crippen molar-refractivity contribution < 1.29 is 22.0 Å². The highest BCUT2D eigenvalue weighted by atomic mass is 32.2. The number of anilines is 1. The topological polar surface area (TPSA) is 68.2 Å². The third kappa shape index (κ3) is 4.40. The lowest BCUT2D eigenvalue weighted by Crippen LogP contribution is -2.18. The molecule has 3 aromatic carbocycles. The van der Waals surface area contributed by atoms with Crippen molar-refractivity contribution in [1.29, 1.82) is 0 Å². The van der Waals surface area contributed by atoms with Crippen molar-refractivity contribution in [2.75, 3.05) is 5.32 Å². The van der Waals surface area contributed by atoms with E-state index in [9.17, 15) is 22.0 Å². The lowest BCUT2D eigenvalue weighted by Gasteiger charge is -2.08. The van der Waals surface area contributed by atoms with E-state index in [4.69, 9.17) is 0 Å². The molecule has 0 aliphatic carbocycles. The lowest BCUT2D eigenvalue weighted by atomic mass is 10.1. The Morgan fingerprint density at radius 2 is 1.69 bits per heavy atom. The summed E-state index contributed by atoms with van der Waals surface area (Å²) in [6.07, 6.45) is 1.45. The minimum Gasteiger partial charge on any atom is -0.337 e. The fourth-order valence-electron chi connectivity index (χ4n) is 3.58. The summed E-state index contributed by atoms with van der Waals surface area (Å²) in [7, 11) is -3.69. The Hall–Kier alpha value is -3.52. The molecule has 0 saturated heterocycles. The zero-order chi connectivity index (χ0) is 22.9. The Bertz CT molecular complexity index is 1430. The van der Waals surface area contributed by atoms with Crippen molar-refractivity contribution in [1.82, 2.24) is 4.57 Å². The Morgan fingerprint density at radius 1 is 0.969 bits per heavy atom. The van der Waals surface area contributed by atoms with Crippen LogP contribution in [0, 0.1) is 18.6 Å². The maximum absolute atomic E-state index is 13.4. The molecule has 0 fully saturated rings. The number of sulfone groups is 1. The van der Waals surface area contributed by atoms with Crippen LogP contribution in [-0.4, -0.2) is 18.9 Å². The summed E-state index contributed by atoms with van der Waals surface area (Å²) in [6.45, 7) is 1.66. The van der Waals surface area contributed by atoms with Gasteiger partial charge in [-0.2, -0.15) is 0 Å². The molecule has 5 nitrogen and oxygen atoms in total. The van der Waals surface area contributed by atoms with Gasteiger partial charge in [-0.15, -0.1) is 0 Å². The number of benzene rings is 3. The summed E-state index contributed by atoms with van der Waals surface area (Å²) in [4.78, 5) is 12.7. The van der Waals surface area contributed by atoms with Crippen LogP contribution in [0.4, 0.5) is 14.5 Å². The van der Waals surface area contributed by atoms with Gasteiger partial charge in [0.1, 0.15) is 6.54 Å². The monoisotopic (exact) mass is 454 g/mol. The molecule has 0 spiro atoms. The molecule has 0 atom stereocenters. The molecule has 1 amide bonds. The third-order valence-electron chi connectivity index (χ3n) is 5.21. The number of aryl methyl sites for hydroxylation is 1. The second kappa shape index (κ2) is 8.55. The number of carbonyl (C=O) groups excluding carboxylic acids is 1. The van der Waals surface area contributed by atoms with Gasteiger partial charge in [0.15, 0.2) is 21.5 Å². The van der Waals surface area contributed by atoms with E-state index in [0.717, 1.165) is 17.7 Å². The number of aromatic nitrogens is 1. The zero-order valence-electron chi connectivity index (χ0n) is 17.2. The van der Waals surface area contributed by atoms with Gasteiger partial charge in [-0.3, -0.25) is 4.79 Å². The van der Waals surface area contributed by atoms with Gasteiger partial charge in [0.2, 0.25) is 5.91 Å². The van der Waals surface area contributed by atoms with Crippen LogP contribution in [0.25, 0.3) is 10.9 Å². The molecule has 4 aromatic rings. The van der Waals surface area contributed by atoms with Crippen LogP contribution in [0.3, 0.4) is 0 Å². The van der Waals surface area contributed by atoms with Gasteiger partial charge in [0.25, 0.3) is 0 Å². The molecular weight excluding hydrogens is 434 g/mol. The van der Waals surface area contributed by atoms with Crippen molar-refractivity contribution in [3.63, 3.8) is 0 Å². The fourth-order valence-corrected chi connectivity index (χ4v) is 5.26. The first-order valence-electron chi connectivity index (χ1n) is 9.84. The normalized spacial score (nSPS) is 11.6. The van der Waals surface area contributed by atoms with E-state index in [1.54, 1.807) is 36.4 Å². The number of rotatable bonds is 6. The van der Waals surface area contributed by atoms with E-state index in [-0.39, 0.29) is 22.9 Å². The summed E-state index contributed by atoms with van der Waals surface area (Å²) >= 11 is 0. The number of carbonyl (C=O) groups is 1. The quantitative estimate of drug-likeness (QED) is 0.453. The smallest absolute Gasteiger partial charge is 0.244 e. The Balaban J connectivity index is 1.64. The average molecular weight is 454 g/mol. The highest BCUT2D eigenvalue weighted by Gasteiger charge is 2.23. The molecule has 0 bridgehead atoms. The van der Waals surface area contributed by atoms with E-state index >= 15 is 0 Å². The predicted octanol–water partition coefficient (Wildman–Crippen LogP) is 4.84. The van der Waals surface area contributed by atoms with Crippen LogP contribution in [0.15, 0.2) is 77.8 Å². The van der Waals surface area contributed by atoms with E-state index in [0.29, 0.717) is 16.5 Å². The van der Waals surface area contributed by atoms with E-state index < -0.39 is 27.4 Å². The molecule has 0 aliphatic heterocycles. The highest BCUT2D eigenvalue weighted by molar-refractivity contribution is 7.90. The van der Waals surface area contributed by atoms with Crippen LogP contribution in [0.1, 0.15) is 11.1 Å². The number of para-hydroxylation sites is 1. The lowest BCUT2D eigenvalue weighted by molar-refractivity contribution is -0.116. The Morgan fingerprint density at radius 3 is 2.44 bits per heavy atom. The van der Waals surface area contributed by atoms with Gasteiger partial charge in [0, 0.05) is 28.9 Å². The van der Waals surface area contributed by atoms with Gasteiger partial charge >= 0.3 is 0 Å². The maximum Gasteiger partial charge on any atom is 0.244 e. The van der Waals surface area contributed by atoms with Crippen LogP contribution < -0.4 is 5.32 Å². The number of hydrogen-bond acceptors (Lipinski definition) is 3. The van der Waals surface area contributed by atoms with Gasteiger partial charge in [-0.25, -0.2) is 17.2 Å². The maximum atomic E-state index is 13.4. The van der Waals surface area contributed by atoms with Crippen LogP contribution in [0.2, 0.25) is 0 Å². The molecule has 0 radical (unpaired) electrons. The van der Waals surface area contributed by atoms with Gasteiger partial charge in [0.05, 0.1) is 10.6 Å². The zero-order valence-corrected chi connectivity index (χ0v) is 18.0. The van der Waals surface area contributed by atoms with Crippen molar-refractivity contribution in [3.8, 4) is 0 Å². The molecular formula is C24H20F2N2O3S. The van der Waals surface area contributed by atoms with Crippen molar-refractivity contribution in [3.05, 3.63) is 95.7 Å². The number of amides is 1.